The topological polar surface area (TPSA) is 41.6 Å². The van der Waals surface area contributed by atoms with E-state index in [0.29, 0.717) is 6.54 Å². The van der Waals surface area contributed by atoms with Gasteiger partial charge in [0, 0.05) is 17.8 Å². The third-order valence-electron chi connectivity index (χ3n) is 5.11. The van der Waals surface area contributed by atoms with E-state index in [1.54, 1.807) is 7.11 Å². The van der Waals surface area contributed by atoms with Gasteiger partial charge < -0.3 is 15.0 Å². The van der Waals surface area contributed by atoms with Gasteiger partial charge in [0.15, 0.2) is 0 Å². The van der Waals surface area contributed by atoms with E-state index in [1.165, 1.54) is 5.56 Å². The lowest BCUT2D eigenvalue weighted by atomic mass is 10.0. The number of carbonyl (C=O) groups is 1. The van der Waals surface area contributed by atoms with E-state index in [9.17, 15) is 4.79 Å². The van der Waals surface area contributed by atoms with Crippen LogP contribution < -0.4 is 15.0 Å². The first-order valence-electron chi connectivity index (χ1n) is 9.61. The highest BCUT2D eigenvalue weighted by Gasteiger charge is 2.23. The molecule has 4 rings (SSSR count). The van der Waals surface area contributed by atoms with Gasteiger partial charge in [0.25, 0.3) is 0 Å². The van der Waals surface area contributed by atoms with Crippen molar-refractivity contribution in [1.29, 1.82) is 0 Å². The average molecular weight is 372 g/mol. The van der Waals surface area contributed by atoms with Gasteiger partial charge in [-0.15, -0.1) is 0 Å². The van der Waals surface area contributed by atoms with Crippen molar-refractivity contribution in [3.8, 4) is 16.9 Å². The van der Waals surface area contributed by atoms with E-state index >= 15 is 0 Å². The van der Waals surface area contributed by atoms with Crippen molar-refractivity contribution in [3.05, 3.63) is 78.4 Å². The molecule has 1 N–H and O–H groups in total. The van der Waals surface area contributed by atoms with Gasteiger partial charge in [-0.2, -0.15) is 0 Å². The van der Waals surface area contributed by atoms with Gasteiger partial charge in [0.05, 0.1) is 19.3 Å². The third-order valence-corrected chi connectivity index (χ3v) is 5.11. The number of nitrogens with zero attached hydrogens (tertiary/aromatic N) is 1. The highest BCUT2D eigenvalue weighted by molar-refractivity contribution is 5.98. The van der Waals surface area contributed by atoms with E-state index < -0.39 is 0 Å². The molecule has 0 aliphatic carbocycles. The molecule has 0 fully saturated rings. The van der Waals surface area contributed by atoms with E-state index in [4.69, 9.17) is 4.74 Å². The van der Waals surface area contributed by atoms with Crippen molar-refractivity contribution in [1.82, 2.24) is 0 Å². The summed E-state index contributed by atoms with van der Waals surface area (Å²) >= 11 is 0. The molecular formula is C24H24N2O2. The molecule has 0 saturated carbocycles. The fraction of sp³-hybridized carbons (Fsp3) is 0.208. The minimum atomic E-state index is -0.0258. The average Bonchev–Trinajstić information content (AvgIpc) is 2.74. The number of rotatable bonds is 5. The molecule has 142 valence electrons. The molecule has 4 heteroatoms. The van der Waals surface area contributed by atoms with E-state index in [0.717, 1.165) is 47.6 Å². The smallest absolute Gasteiger partial charge is 0.243 e. The van der Waals surface area contributed by atoms with Gasteiger partial charge in [-0.1, -0.05) is 60.7 Å². The monoisotopic (exact) mass is 372 g/mol. The molecule has 1 aliphatic heterocycles. The Morgan fingerprint density at radius 2 is 1.79 bits per heavy atom. The fourth-order valence-electron chi connectivity index (χ4n) is 3.85. The molecule has 3 aromatic carbocycles. The van der Waals surface area contributed by atoms with Crippen LogP contribution in [0.15, 0.2) is 72.8 Å². The lowest BCUT2D eigenvalue weighted by Gasteiger charge is -2.32. The quantitative estimate of drug-likeness (QED) is 0.702. The van der Waals surface area contributed by atoms with Gasteiger partial charge in [-0.05, 0) is 36.1 Å². The number of amides is 1. The highest BCUT2D eigenvalue weighted by Crippen LogP contribution is 2.36. The van der Waals surface area contributed by atoms with Gasteiger partial charge >= 0.3 is 0 Å². The van der Waals surface area contributed by atoms with Crippen LogP contribution in [0.2, 0.25) is 0 Å². The normalized spacial score (nSPS) is 13.0. The van der Waals surface area contributed by atoms with E-state index in [1.807, 2.05) is 54.6 Å². The summed E-state index contributed by atoms with van der Waals surface area (Å²) in [5, 5.41) is 3.10. The second-order valence-corrected chi connectivity index (χ2v) is 6.95. The molecule has 0 atom stereocenters. The number of aryl methyl sites for hydroxylation is 1. The Morgan fingerprint density at radius 1 is 1.00 bits per heavy atom. The first-order valence-corrected chi connectivity index (χ1v) is 9.61. The second-order valence-electron chi connectivity index (χ2n) is 6.95. The maximum Gasteiger partial charge on any atom is 0.243 e. The number of hydrogen-bond acceptors (Lipinski definition) is 3. The second kappa shape index (κ2) is 8.17. The molecule has 0 unspecified atom stereocenters. The number of anilines is 2. The lowest BCUT2D eigenvalue weighted by Crippen LogP contribution is -2.37. The number of nitrogens with one attached hydrogen (secondary N) is 1. The standard InChI is InChI=1S/C24H24N2O2/c1-28-22-15-7-11-19-12-8-16-26(24(19)22)17-23(27)25-21-14-6-5-13-20(21)18-9-3-2-4-10-18/h2-7,9-11,13-15H,8,12,16-17H2,1H3,(H,25,27). The molecule has 0 spiro atoms. The van der Waals surface area contributed by atoms with Crippen molar-refractivity contribution in [2.75, 3.05) is 30.4 Å². The molecule has 0 saturated heterocycles. The van der Waals surface area contributed by atoms with Crippen LogP contribution in [0.25, 0.3) is 11.1 Å². The summed E-state index contributed by atoms with van der Waals surface area (Å²) in [5.41, 5.74) is 5.22. The van der Waals surface area contributed by atoms with Crippen LogP contribution in [0.4, 0.5) is 11.4 Å². The number of benzene rings is 3. The molecule has 1 aliphatic rings. The van der Waals surface area contributed by atoms with Crippen LogP contribution >= 0.6 is 0 Å². The molecule has 3 aromatic rings. The van der Waals surface area contributed by atoms with Crippen molar-refractivity contribution in [3.63, 3.8) is 0 Å². The van der Waals surface area contributed by atoms with Crippen molar-refractivity contribution in [2.24, 2.45) is 0 Å². The first-order chi connectivity index (χ1) is 13.8. The largest absolute Gasteiger partial charge is 0.495 e. The Bertz CT molecular complexity index is 955. The molecule has 0 bridgehead atoms. The minimum absolute atomic E-state index is 0.0258. The van der Waals surface area contributed by atoms with Gasteiger partial charge in [0.2, 0.25) is 5.91 Å². The van der Waals surface area contributed by atoms with E-state index in [-0.39, 0.29) is 5.91 Å². The van der Waals surface area contributed by atoms with Crippen LogP contribution in [0.5, 0.6) is 5.75 Å². The summed E-state index contributed by atoms with van der Waals surface area (Å²) in [7, 11) is 1.68. The Hall–Kier alpha value is -3.27. The van der Waals surface area contributed by atoms with Crippen LogP contribution in [-0.2, 0) is 11.2 Å². The van der Waals surface area contributed by atoms with Crippen molar-refractivity contribution in [2.45, 2.75) is 12.8 Å². The van der Waals surface area contributed by atoms with Crippen LogP contribution in [0.3, 0.4) is 0 Å². The lowest BCUT2D eigenvalue weighted by molar-refractivity contribution is -0.115. The number of hydrogen-bond donors (Lipinski definition) is 1. The van der Waals surface area contributed by atoms with Crippen LogP contribution in [0.1, 0.15) is 12.0 Å². The SMILES string of the molecule is COc1cccc2c1N(CC(=O)Nc1ccccc1-c1ccccc1)CCC2. The molecule has 1 heterocycles. The number of carbonyl (C=O) groups excluding carboxylic acids is 1. The predicted octanol–water partition coefficient (Wildman–Crippen LogP) is 4.75. The van der Waals surface area contributed by atoms with Crippen LogP contribution in [0, 0.1) is 0 Å². The molecular weight excluding hydrogens is 348 g/mol. The Balaban J connectivity index is 1.55. The summed E-state index contributed by atoms with van der Waals surface area (Å²) in [4.78, 5) is 15.0. The molecule has 0 radical (unpaired) electrons. The number of para-hydroxylation sites is 2. The predicted molar refractivity (Wildman–Crippen MR) is 114 cm³/mol. The molecule has 4 nitrogen and oxygen atoms in total. The number of methoxy groups -OCH3 is 1. The minimum Gasteiger partial charge on any atom is -0.495 e. The van der Waals surface area contributed by atoms with E-state index in [2.05, 4.69) is 28.4 Å². The summed E-state index contributed by atoms with van der Waals surface area (Å²) < 4.78 is 5.55. The van der Waals surface area contributed by atoms with Crippen molar-refractivity contribution >= 4 is 17.3 Å². The Labute approximate surface area is 165 Å². The maximum atomic E-state index is 12.9. The maximum absolute atomic E-state index is 12.9. The zero-order chi connectivity index (χ0) is 19.3. The summed E-state index contributed by atoms with van der Waals surface area (Å²) in [6.45, 7) is 1.15. The highest BCUT2D eigenvalue weighted by atomic mass is 16.5. The van der Waals surface area contributed by atoms with Gasteiger partial charge in [0.1, 0.15) is 5.75 Å². The molecule has 1 amide bonds. The summed E-state index contributed by atoms with van der Waals surface area (Å²) in [5.74, 6) is 0.803. The number of ether oxygens (including phenoxy) is 1. The zero-order valence-corrected chi connectivity index (χ0v) is 16.0. The van der Waals surface area contributed by atoms with Crippen molar-refractivity contribution < 1.29 is 9.53 Å². The summed E-state index contributed by atoms with van der Waals surface area (Å²) in [6, 6.07) is 24.1. The van der Waals surface area contributed by atoms with Gasteiger partial charge in [-0.3, -0.25) is 4.79 Å². The molecule has 28 heavy (non-hydrogen) atoms. The van der Waals surface area contributed by atoms with Gasteiger partial charge in [-0.25, -0.2) is 0 Å². The molecule has 0 aromatic heterocycles. The zero-order valence-electron chi connectivity index (χ0n) is 16.0. The number of fused-ring (bicyclic) bond motifs is 1. The first kappa shape index (κ1) is 18.1. The van der Waals surface area contributed by atoms with Crippen LogP contribution in [-0.4, -0.2) is 26.1 Å². The summed E-state index contributed by atoms with van der Waals surface area (Å²) in [6.07, 6.45) is 2.05. The fourth-order valence-corrected chi connectivity index (χ4v) is 3.85. The Morgan fingerprint density at radius 3 is 2.61 bits per heavy atom. The third kappa shape index (κ3) is 3.72. The Kier molecular flexibility index (Phi) is 5.29.